The van der Waals surface area contributed by atoms with Gasteiger partial charge in [-0.15, -0.1) is 0 Å². The van der Waals surface area contributed by atoms with Crippen LogP contribution < -0.4 is 14.8 Å². The van der Waals surface area contributed by atoms with Crippen LogP contribution in [0.1, 0.15) is 24.5 Å². The molecule has 1 unspecified atom stereocenters. The maximum absolute atomic E-state index is 11.4. The first-order valence-electron chi connectivity index (χ1n) is 9.22. The Labute approximate surface area is 189 Å². The second-order valence-corrected chi connectivity index (χ2v) is 8.57. The van der Waals surface area contributed by atoms with Crippen LogP contribution in [0.25, 0.3) is 0 Å². The second kappa shape index (κ2) is 12.3. The highest BCUT2D eigenvalue weighted by Crippen LogP contribution is 2.34. The van der Waals surface area contributed by atoms with Crippen molar-refractivity contribution in [2.75, 3.05) is 18.6 Å². The molecule has 0 saturated heterocycles. The zero-order valence-electron chi connectivity index (χ0n) is 16.4. The van der Waals surface area contributed by atoms with Gasteiger partial charge in [0.2, 0.25) is 0 Å². The van der Waals surface area contributed by atoms with Gasteiger partial charge < -0.3 is 19.9 Å². The third kappa shape index (κ3) is 7.74. The molecule has 0 saturated carbocycles. The smallest absolute Gasteiger partial charge is 0.320 e. The van der Waals surface area contributed by atoms with Gasteiger partial charge in [-0.05, 0) is 60.7 Å². The fraction of sp³-hybridized carbons (Fsp3) is 0.381. The lowest BCUT2D eigenvalue weighted by Gasteiger charge is -2.17. The number of benzene rings is 2. The Morgan fingerprint density at radius 2 is 2.03 bits per heavy atom. The van der Waals surface area contributed by atoms with E-state index < -0.39 is 12.0 Å². The molecule has 0 aromatic heterocycles. The van der Waals surface area contributed by atoms with E-state index in [1.807, 2.05) is 49.6 Å². The minimum absolute atomic E-state index is 0.362. The van der Waals surface area contributed by atoms with E-state index in [0.29, 0.717) is 42.7 Å². The van der Waals surface area contributed by atoms with Crippen LogP contribution in [0.15, 0.2) is 40.9 Å². The summed E-state index contributed by atoms with van der Waals surface area (Å²) in [6.45, 7) is 3.16. The van der Waals surface area contributed by atoms with Gasteiger partial charge in [-0.25, -0.2) is 0 Å². The molecule has 2 aromatic carbocycles. The van der Waals surface area contributed by atoms with E-state index in [4.69, 9.17) is 21.1 Å². The highest BCUT2D eigenvalue weighted by molar-refractivity contribution is 9.10. The van der Waals surface area contributed by atoms with Crippen LogP contribution in [-0.2, 0) is 17.9 Å². The number of carbonyl (C=O) groups is 1. The van der Waals surface area contributed by atoms with Gasteiger partial charge in [0.05, 0.1) is 6.61 Å². The lowest BCUT2D eigenvalue weighted by atomic mass is 10.1. The fourth-order valence-electron chi connectivity index (χ4n) is 2.66. The Morgan fingerprint density at radius 3 is 2.69 bits per heavy atom. The molecule has 0 amide bonds. The minimum Gasteiger partial charge on any atom is -0.490 e. The molecule has 29 heavy (non-hydrogen) atoms. The number of aliphatic carboxylic acids is 1. The van der Waals surface area contributed by atoms with Gasteiger partial charge in [-0.3, -0.25) is 4.79 Å². The number of halogens is 2. The van der Waals surface area contributed by atoms with Crippen LogP contribution >= 0.6 is 39.3 Å². The van der Waals surface area contributed by atoms with Crippen molar-refractivity contribution in [1.29, 1.82) is 0 Å². The summed E-state index contributed by atoms with van der Waals surface area (Å²) in [5.41, 5.74) is 1.86. The van der Waals surface area contributed by atoms with Crippen molar-refractivity contribution in [1.82, 2.24) is 5.32 Å². The third-order valence-electron chi connectivity index (χ3n) is 4.14. The van der Waals surface area contributed by atoms with Crippen molar-refractivity contribution >= 4 is 45.3 Å². The molecule has 0 aliphatic rings. The molecule has 1 atom stereocenters. The predicted octanol–water partition coefficient (Wildman–Crippen LogP) is 5.38. The lowest BCUT2D eigenvalue weighted by Crippen LogP contribution is -2.36. The first kappa shape index (κ1) is 23.9. The molecule has 0 spiro atoms. The van der Waals surface area contributed by atoms with Gasteiger partial charge in [0, 0.05) is 16.0 Å². The van der Waals surface area contributed by atoms with Crippen molar-refractivity contribution in [2.24, 2.45) is 0 Å². The van der Waals surface area contributed by atoms with Crippen LogP contribution in [0, 0.1) is 0 Å². The average Bonchev–Trinajstić information content (AvgIpc) is 2.68. The third-order valence-corrected chi connectivity index (χ3v) is 5.76. The topological polar surface area (TPSA) is 67.8 Å². The molecule has 158 valence electrons. The molecule has 5 nitrogen and oxygen atoms in total. The molecule has 2 aromatic rings. The van der Waals surface area contributed by atoms with Crippen molar-refractivity contribution in [3.63, 3.8) is 0 Å². The van der Waals surface area contributed by atoms with Gasteiger partial charge in [0.15, 0.2) is 11.5 Å². The maximum atomic E-state index is 11.4. The van der Waals surface area contributed by atoms with Crippen molar-refractivity contribution in [3.8, 4) is 11.5 Å². The maximum Gasteiger partial charge on any atom is 0.320 e. The molecule has 2 N–H and O–H groups in total. The number of carboxylic acid groups (broad SMARTS) is 1. The van der Waals surface area contributed by atoms with Gasteiger partial charge >= 0.3 is 5.97 Å². The number of hydrogen-bond donors (Lipinski definition) is 2. The van der Waals surface area contributed by atoms with Gasteiger partial charge in [0.25, 0.3) is 0 Å². The molecule has 0 aliphatic heterocycles. The first-order valence-corrected chi connectivity index (χ1v) is 11.8. The highest BCUT2D eigenvalue weighted by atomic mass is 79.9. The van der Waals surface area contributed by atoms with Crippen molar-refractivity contribution in [2.45, 2.75) is 32.5 Å². The van der Waals surface area contributed by atoms with E-state index >= 15 is 0 Å². The standard InChI is InChI=1S/C21H25BrClNO4S/c1-3-27-19-10-15(12-24-18(21(25)26)7-8-29-2)17(22)11-20(19)28-13-14-5-4-6-16(23)9-14/h4-6,9-11,18,24H,3,7-8,12-13H2,1-2H3,(H,25,26). The summed E-state index contributed by atoms with van der Waals surface area (Å²) in [7, 11) is 0. The molecule has 0 aliphatic carbocycles. The van der Waals surface area contributed by atoms with E-state index in [1.165, 1.54) is 0 Å². The largest absolute Gasteiger partial charge is 0.490 e. The number of nitrogens with one attached hydrogen (secondary N) is 1. The molecule has 8 heteroatoms. The Kier molecular flexibility index (Phi) is 10.1. The van der Waals surface area contributed by atoms with Gasteiger partial charge in [0.1, 0.15) is 12.6 Å². The highest BCUT2D eigenvalue weighted by Gasteiger charge is 2.18. The Hall–Kier alpha value is -1.41. The zero-order chi connectivity index (χ0) is 21.2. The summed E-state index contributed by atoms with van der Waals surface area (Å²) in [4.78, 5) is 11.4. The zero-order valence-corrected chi connectivity index (χ0v) is 19.6. The number of rotatable bonds is 12. The average molecular weight is 503 g/mol. The summed E-state index contributed by atoms with van der Waals surface area (Å²) >= 11 is 11.2. The van der Waals surface area contributed by atoms with E-state index in [-0.39, 0.29) is 0 Å². The van der Waals surface area contributed by atoms with Gasteiger partial charge in [-0.2, -0.15) is 11.8 Å². The van der Waals surface area contributed by atoms with E-state index in [9.17, 15) is 9.90 Å². The van der Waals surface area contributed by atoms with Crippen molar-refractivity contribution in [3.05, 3.63) is 57.0 Å². The van der Waals surface area contributed by atoms with Crippen LogP contribution in [0.5, 0.6) is 11.5 Å². The molecular weight excluding hydrogens is 478 g/mol. The SMILES string of the molecule is CCOc1cc(CNC(CCSC)C(=O)O)c(Br)cc1OCc1cccc(Cl)c1. The summed E-state index contributed by atoms with van der Waals surface area (Å²) < 4.78 is 12.5. The predicted molar refractivity (Wildman–Crippen MR) is 122 cm³/mol. The minimum atomic E-state index is -0.846. The molecule has 0 bridgehead atoms. The number of carboxylic acids is 1. The molecule has 2 rings (SSSR count). The number of thioether (sulfide) groups is 1. The van der Waals surface area contributed by atoms with Crippen LogP contribution in [0.3, 0.4) is 0 Å². The summed E-state index contributed by atoms with van der Waals surface area (Å²) in [5.74, 6) is 1.16. The Morgan fingerprint density at radius 1 is 1.28 bits per heavy atom. The summed E-state index contributed by atoms with van der Waals surface area (Å²) in [6.07, 6.45) is 2.53. The first-order chi connectivity index (χ1) is 13.9. The Bertz CT molecular complexity index is 821. The lowest BCUT2D eigenvalue weighted by molar-refractivity contribution is -0.139. The Balaban J connectivity index is 2.12. The van der Waals surface area contributed by atoms with Gasteiger partial charge in [-0.1, -0.05) is 39.7 Å². The van der Waals surface area contributed by atoms with E-state index in [1.54, 1.807) is 11.8 Å². The molecule has 0 heterocycles. The van der Waals surface area contributed by atoms with Crippen LogP contribution in [0.2, 0.25) is 5.02 Å². The molecular formula is C21H25BrClNO4S. The summed E-state index contributed by atoms with van der Waals surface area (Å²) in [5, 5.41) is 13.2. The number of ether oxygens (including phenoxy) is 2. The summed E-state index contributed by atoms with van der Waals surface area (Å²) in [6, 6.07) is 10.6. The monoisotopic (exact) mass is 501 g/mol. The van der Waals surface area contributed by atoms with Crippen LogP contribution in [-0.4, -0.2) is 35.7 Å². The molecule has 0 fully saturated rings. The number of hydrogen-bond acceptors (Lipinski definition) is 5. The van der Waals surface area contributed by atoms with E-state index in [0.717, 1.165) is 21.4 Å². The van der Waals surface area contributed by atoms with Crippen molar-refractivity contribution < 1.29 is 19.4 Å². The fourth-order valence-corrected chi connectivity index (χ4v) is 3.81. The quantitative estimate of drug-likeness (QED) is 0.406. The molecule has 0 radical (unpaired) electrons. The van der Waals surface area contributed by atoms with Crippen LogP contribution in [0.4, 0.5) is 0 Å². The normalized spacial score (nSPS) is 11.9. The van der Waals surface area contributed by atoms with E-state index in [2.05, 4.69) is 21.2 Å². The second-order valence-electron chi connectivity index (χ2n) is 6.30.